The van der Waals surface area contributed by atoms with Gasteiger partial charge in [-0.05, 0) is 40.5 Å². The molecule has 0 bridgehead atoms. The van der Waals surface area contributed by atoms with Crippen molar-refractivity contribution in [1.82, 2.24) is 10.1 Å². The zero-order valence-electron chi connectivity index (χ0n) is 11.0. The van der Waals surface area contributed by atoms with Gasteiger partial charge in [0.05, 0.1) is 18.2 Å². The third-order valence-corrected chi connectivity index (χ3v) is 3.73. The van der Waals surface area contributed by atoms with Crippen LogP contribution in [0.25, 0.3) is 11.5 Å². The summed E-state index contributed by atoms with van der Waals surface area (Å²) in [6.07, 6.45) is 0.954. The fraction of sp³-hybridized carbons (Fsp3) is 0.385. The fourth-order valence-electron chi connectivity index (χ4n) is 1.59. The van der Waals surface area contributed by atoms with Crippen LogP contribution in [0.1, 0.15) is 25.2 Å². The highest BCUT2D eigenvalue weighted by Crippen LogP contribution is 2.30. The molecule has 1 atom stereocenters. The molecule has 20 heavy (non-hydrogen) atoms. The van der Waals surface area contributed by atoms with E-state index in [1.54, 1.807) is 0 Å². The summed E-state index contributed by atoms with van der Waals surface area (Å²) in [5.41, 5.74) is 6.79. The maximum atomic E-state index is 5.96. The summed E-state index contributed by atoms with van der Waals surface area (Å²) in [5, 5.41) is 3.91. The van der Waals surface area contributed by atoms with Crippen molar-refractivity contribution in [3.05, 3.63) is 33.0 Å². The van der Waals surface area contributed by atoms with Crippen LogP contribution in [0.3, 0.4) is 0 Å². The van der Waals surface area contributed by atoms with Crippen molar-refractivity contribution in [2.24, 2.45) is 5.73 Å². The van der Waals surface area contributed by atoms with E-state index in [0.717, 1.165) is 20.9 Å². The molecule has 0 spiro atoms. The maximum absolute atomic E-state index is 5.96. The van der Waals surface area contributed by atoms with Crippen molar-refractivity contribution < 1.29 is 9.26 Å². The van der Waals surface area contributed by atoms with E-state index in [-0.39, 0.29) is 6.04 Å². The van der Waals surface area contributed by atoms with Gasteiger partial charge in [-0.2, -0.15) is 4.98 Å². The quantitative estimate of drug-likeness (QED) is 0.743. The lowest BCUT2D eigenvalue weighted by Gasteiger charge is -2.06. The molecule has 1 heterocycles. The third-order valence-electron chi connectivity index (χ3n) is 2.58. The van der Waals surface area contributed by atoms with E-state index in [1.165, 1.54) is 0 Å². The first-order valence-corrected chi connectivity index (χ1v) is 7.82. The first-order chi connectivity index (χ1) is 9.61. The van der Waals surface area contributed by atoms with Crippen LogP contribution in [0, 0.1) is 0 Å². The standard InChI is InChI=1S/C13H15Br2N3O2/c1-2-5-19-7-11(16)12-17-13(20-18-12)9-4-3-8(14)6-10(9)15/h3-4,6,11H,2,5,7,16H2,1H3. The number of hydrogen-bond acceptors (Lipinski definition) is 5. The molecule has 1 aromatic carbocycles. The molecule has 108 valence electrons. The lowest BCUT2D eigenvalue weighted by atomic mass is 10.2. The van der Waals surface area contributed by atoms with Gasteiger partial charge in [0.15, 0.2) is 5.82 Å². The number of hydrogen-bond donors (Lipinski definition) is 1. The molecule has 0 saturated heterocycles. The minimum Gasteiger partial charge on any atom is -0.379 e. The first-order valence-electron chi connectivity index (χ1n) is 6.24. The van der Waals surface area contributed by atoms with Crippen LogP contribution in [0.4, 0.5) is 0 Å². The van der Waals surface area contributed by atoms with Crippen molar-refractivity contribution >= 4 is 31.9 Å². The molecule has 0 fully saturated rings. The first kappa shape index (κ1) is 15.6. The van der Waals surface area contributed by atoms with Crippen molar-refractivity contribution in [3.8, 4) is 11.5 Å². The molecule has 5 nitrogen and oxygen atoms in total. The molecule has 0 aliphatic carbocycles. The molecule has 0 radical (unpaired) electrons. The summed E-state index contributed by atoms with van der Waals surface area (Å²) in [5.74, 6) is 0.885. The Morgan fingerprint density at radius 3 is 2.90 bits per heavy atom. The van der Waals surface area contributed by atoms with Gasteiger partial charge >= 0.3 is 0 Å². The SMILES string of the molecule is CCCOCC(N)c1noc(-c2ccc(Br)cc2Br)n1. The zero-order chi connectivity index (χ0) is 14.5. The minimum atomic E-state index is -0.381. The molecule has 2 rings (SSSR count). The molecule has 2 N–H and O–H groups in total. The summed E-state index contributed by atoms with van der Waals surface area (Å²) in [6, 6.07) is 5.34. The van der Waals surface area contributed by atoms with Crippen molar-refractivity contribution in [3.63, 3.8) is 0 Å². The monoisotopic (exact) mass is 403 g/mol. The minimum absolute atomic E-state index is 0.381. The van der Waals surface area contributed by atoms with Gasteiger partial charge in [0.2, 0.25) is 0 Å². The lowest BCUT2D eigenvalue weighted by molar-refractivity contribution is 0.119. The normalized spacial score (nSPS) is 12.6. The van der Waals surface area contributed by atoms with E-state index in [4.69, 9.17) is 15.0 Å². The summed E-state index contributed by atoms with van der Waals surface area (Å²) in [4.78, 5) is 4.32. The summed E-state index contributed by atoms with van der Waals surface area (Å²) >= 11 is 6.87. The van der Waals surface area contributed by atoms with E-state index in [1.807, 2.05) is 25.1 Å². The van der Waals surface area contributed by atoms with Crippen LogP contribution in [-0.4, -0.2) is 23.4 Å². The predicted octanol–water partition coefficient (Wildman–Crippen LogP) is 3.69. The highest BCUT2D eigenvalue weighted by atomic mass is 79.9. The van der Waals surface area contributed by atoms with Crippen molar-refractivity contribution in [2.75, 3.05) is 13.2 Å². The molecular weight excluding hydrogens is 390 g/mol. The molecule has 0 aliphatic rings. The van der Waals surface area contributed by atoms with E-state index < -0.39 is 0 Å². The molecule has 2 aromatic rings. The summed E-state index contributed by atoms with van der Waals surface area (Å²) < 4.78 is 12.5. The predicted molar refractivity (Wildman–Crippen MR) is 83.2 cm³/mol. The summed E-state index contributed by atoms with van der Waals surface area (Å²) in [7, 11) is 0. The number of nitrogens with zero attached hydrogens (tertiary/aromatic N) is 2. The Morgan fingerprint density at radius 1 is 1.40 bits per heavy atom. The number of ether oxygens (including phenoxy) is 1. The highest BCUT2D eigenvalue weighted by molar-refractivity contribution is 9.11. The molecule has 0 saturated carbocycles. The highest BCUT2D eigenvalue weighted by Gasteiger charge is 2.17. The van der Waals surface area contributed by atoms with Crippen molar-refractivity contribution in [1.29, 1.82) is 0 Å². The molecule has 1 aromatic heterocycles. The molecule has 1 unspecified atom stereocenters. The molecular formula is C13H15Br2N3O2. The van der Waals surface area contributed by atoms with E-state index in [2.05, 4.69) is 42.0 Å². The Balaban J connectivity index is 2.12. The number of benzene rings is 1. The number of aromatic nitrogens is 2. The third kappa shape index (κ3) is 3.88. The number of halogens is 2. The van der Waals surface area contributed by atoms with Crippen LogP contribution in [0.15, 0.2) is 31.7 Å². The average molecular weight is 405 g/mol. The van der Waals surface area contributed by atoms with Gasteiger partial charge in [-0.3, -0.25) is 0 Å². The average Bonchev–Trinajstić information content (AvgIpc) is 2.88. The van der Waals surface area contributed by atoms with Gasteiger partial charge in [-0.25, -0.2) is 0 Å². The van der Waals surface area contributed by atoms with E-state index >= 15 is 0 Å². The van der Waals surface area contributed by atoms with Gasteiger partial charge < -0.3 is 15.0 Å². The van der Waals surface area contributed by atoms with E-state index in [9.17, 15) is 0 Å². The second-order valence-electron chi connectivity index (χ2n) is 4.26. The van der Waals surface area contributed by atoms with Gasteiger partial charge in [-0.1, -0.05) is 28.0 Å². The second kappa shape index (κ2) is 7.31. The number of nitrogens with two attached hydrogens (primary N) is 1. The maximum Gasteiger partial charge on any atom is 0.259 e. The van der Waals surface area contributed by atoms with Crippen LogP contribution >= 0.6 is 31.9 Å². The van der Waals surface area contributed by atoms with Gasteiger partial charge in [0.25, 0.3) is 5.89 Å². The smallest absolute Gasteiger partial charge is 0.259 e. The topological polar surface area (TPSA) is 74.2 Å². The van der Waals surface area contributed by atoms with Crippen LogP contribution < -0.4 is 5.73 Å². The summed E-state index contributed by atoms with van der Waals surface area (Å²) in [6.45, 7) is 3.11. The number of rotatable bonds is 6. The van der Waals surface area contributed by atoms with E-state index in [0.29, 0.717) is 24.9 Å². The Hall–Kier alpha value is -0.760. The Morgan fingerprint density at radius 2 is 2.20 bits per heavy atom. The van der Waals surface area contributed by atoms with Gasteiger partial charge in [0.1, 0.15) is 0 Å². The molecule has 0 aliphatic heterocycles. The molecule has 0 amide bonds. The van der Waals surface area contributed by atoms with Crippen LogP contribution in [0.2, 0.25) is 0 Å². The Labute approximate surface area is 134 Å². The van der Waals surface area contributed by atoms with Crippen molar-refractivity contribution in [2.45, 2.75) is 19.4 Å². The largest absolute Gasteiger partial charge is 0.379 e. The Kier molecular flexibility index (Phi) is 5.71. The Bertz CT molecular complexity index is 574. The van der Waals surface area contributed by atoms with Crippen LogP contribution in [-0.2, 0) is 4.74 Å². The fourth-order valence-corrected chi connectivity index (χ4v) is 2.80. The van der Waals surface area contributed by atoms with Gasteiger partial charge in [0, 0.05) is 15.6 Å². The lowest BCUT2D eigenvalue weighted by Crippen LogP contribution is -2.18. The second-order valence-corrected chi connectivity index (χ2v) is 6.03. The molecule has 7 heteroatoms. The van der Waals surface area contributed by atoms with Gasteiger partial charge in [-0.15, -0.1) is 0 Å². The van der Waals surface area contributed by atoms with Crippen LogP contribution in [0.5, 0.6) is 0 Å². The zero-order valence-corrected chi connectivity index (χ0v) is 14.1.